The van der Waals surface area contributed by atoms with Crippen molar-refractivity contribution in [2.45, 2.75) is 32.8 Å². The number of benzene rings is 1. The molecule has 3 aromatic rings. The molecule has 1 aromatic carbocycles. The van der Waals surface area contributed by atoms with Crippen molar-refractivity contribution in [3.05, 3.63) is 67.7 Å². The van der Waals surface area contributed by atoms with E-state index in [0.717, 1.165) is 41.7 Å². The van der Waals surface area contributed by atoms with Crippen molar-refractivity contribution >= 4 is 39.6 Å². The van der Waals surface area contributed by atoms with E-state index >= 15 is 0 Å². The lowest BCUT2D eigenvalue weighted by atomic mass is 10.1. The Kier molecular flexibility index (Phi) is 5.69. The molecule has 0 saturated heterocycles. The van der Waals surface area contributed by atoms with Crippen LogP contribution in [0, 0.1) is 6.92 Å². The third-order valence-corrected chi connectivity index (χ3v) is 7.00. The van der Waals surface area contributed by atoms with Gasteiger partial charge < -0.3 is 14.8 Å². The van der Waals surface area contributed by atoms with Crippen molar-refractivity contribution in [2.75, 3.05) is 12.4 Å². The Hall–Kier alpha value is -2.64. The van der Waals surface area contributed by atoms with Gasteiger partial charge in [0.1, 0.15) is 17.4 Å². The van der Waals surface area contributed by atoms with Crippen molar-refractivity contribution in [2.24, 2.45) is 0 Å². The summed E-state index contributed by atoms with van der Waals surface area (Å²) in [7, 11) is 1.37. The largest absolute Gasteiger partial charge is 0.489 e. The number of hydrogen-bond acceptors (Lipinski definition) is 6. The molecule has 0 spiro atoms. The highest BCUT2D eigenvalue weighted by Gasteiger charge is 2.28. The number of rotatable bonds is 6. The minimum absolute atomic E-state index is 0.220. The van der Waals surface area contributed by atoms with Gasteiger partial charge in [0, 0.05) is 10.4 Å². The molecule has 1 aliphatic rings. The molecule has 0 radical (unpaired) electrons. The summed E-state index contributed by atoms with van der Waals surface area (Å²) in [6, 6.07) is 9.69. The Bertz CT molecular complexity index is 1070. The fourth-order valence-corrected chi connectivity index (χ4v) is 5.48. The molecule has 2 heterocycles. The van der Waals surface area contributed by atoms with Gasteiger partial charge in [-0.25, -0.2) is 4.79 Å². The van der Waals surface area contributed by atoms with E-state index in [1.807, 2.05) is 42.6 Å². The smallest absolute Gasteiger partial charge is 0.341 e. The van der Waals surface area contributed by atoms with E-state index in [-0.39, 0.29) is 5.91 Å². The third kappa shape index (κ3) is 4.21. The first kappa shape index (κ1) is 19.7. The third-order valence-electron chi connectivity index (χ3n) is 4.81. The molecule has 0 fully saturated rings. The van der Waals surface area contributed by atoms with Gasteiger partial charge in [0.2, 0.25) is 0 Å². The topological polar surface area (TPSA) is 64.6 Å². The normalized spacial score (nSPS) is 12.5. The van der Waals surface area contributed by atoms with Crippen LogP contribution < -0.4 is 10.1 Å². The lowest BCUT2D eigenvalue weighted by molar-refractivity contribution is 0.0601. The second kappa shape index (κ2) is 8.39. The van der Waals surface area contributed by atoms with Crippen LogP contribution in [-0.2, 0) is 24.2 Å². The molecule has 0 atom stereocenters. The summed E-state index contributed by atoms with van der Waals surface area (Å²) in [5.74, 6) is 0.193. The molecule has 1 N–H and O–H groups in total. The van der Waals surface area contributed by atoms with Gasteiger partial charge in [-0.15, -0.1) is 22.7 Å². The number of esters is 1. The van der Waals surface area contributed by atoms with Crippen LogP contribution in [0.5, 0.6) is 5.75 Å². The van der Waals surface area contributed by atoms with E-state index in [1.165, 1.54) is 34.7 Å². The molecule has 0 unspecified atom stereocenters. The molecular formula is C22H21NO4S2. The van der Waals surface area contributed by atoms with E-state index < -0.39 is 5.97 Å². The van der Waals surface area contributed by atoms with E-state index in [9.17, 15) is 9.59 Å². The molecule has 0 aliphatic heterocycles. The van der Waals surface area contributed by atoms with Gasteiger partial charge in [0.05, 0.1) is 17.6 Å². The zero-order chi connectivity index (χ0) is 20.4. The number of nitrogens with one attached hydrogen (secondary N) is 1. The minimum atomic E-state index is -0.391. The van der Waals surface area contributed by atoms with Crippen LogP contribution >= 0.6 is 22.7 Å². The number of hydrogen-bond donors (Lipinski definition) is 1. The Morgan fingerprint density at radius 3 is 2.86 bits per heavy atom. The number of amides is 1. The fraction of sp³-hybridized carbons (Fsp3) is 0.273. The maximum absolute atomic E-state index is 12.7. The number of anilines is 1. The van der Waals surface area contributed by atoms with Crippen molar-refractivity contribution in [1.82, 2.24) is 0 Å². The van der Waals surface area contributed by atoms with E-state index in [4.69, 9.17) is 9.47 Å². The first-order chi connectivity index (χ1) is 14.0. The van der Waals surface area contributed by atoms with Gasteiger partial charge in [0.15, 0.2) is 0 Å². The minimum Gasteiger partial charge on any atom is -0.489 e. The molecule has 2 aromatic heterocycles. The highest BCUT2D eigenvalue weighted by molar-refractivity contribution is 7.17. The van der Waals surface area contributed by atoms with Crippen LogP contribution in [0.15, 0.2) is 35.7 Å². The Balaban J connectivity index is 1.45. The Morgan fingerprint density at radius 1 is 1.21 bits per heavy atom. The molecule has 150 valence electrons. The molecule has 29 heavy (non-hydrogen) atoms. The highest BCUT2D eigenvalue weighted by Crippen LogP contribution is 2.39. The van der Waals surface area contributed by atoms with Crippen molar-refractivity contribution in [1.29, 1.82) is 0 Å². The summed E-state index contributed by atoms with van der Waals surface area (Å²) in [4.78, 5) is 26.7. The summed E-state index contributed by atoms with van der Waals surface area (Å²) in [6.07, 6.45) is 2.83. The Labute approximate surface area is 177 Å². The van der Waals surface area contributed by atoms with Crippen molar-refractivity contribution in [3.8, 4) is 5.75 Å². The van der Waals surface area contributed by atoms with Gasteiger partial charge >= 0.3 is 5.97 Å². The molecular weight excluding hydrogens is 406 g/mol. The summed E-state index contributed by atoms with van der Waals surface area (Å²) < 4.78 is 10.7. The number of ether oxygens (including phenoxy) is 2. The van der Waals surface area contributed by atoms with Crippen LogP contribution in [0.3, 0.4) is 0 Å². The van der Waals surface area contributed by atoms with E-state index in [2.05, 4.69) is 5.32 Å². The average Bonchev–Trinajstić information content (AvgIpc) is 3.42. The van der Waals surface area contributed by atoms with Crippen LogP contribution in [0.4, 0.5) is 5.00 Å². The summed E-state index contributed by atoms with van der Waals surface area (Å²) >= 11 is 2.84. The van der Waals surface area contributed by atoms with Gasteiger partial charge in [-0.2, -0.15) is 0 Å². The lowest BCUT2D eigenvalue weighted by Gasteiger charge is -2.06. The maximum Gasteiger partial charge on any atom is 0.341 e. The number of carbonyl (C=O) groups excluding carboxylic acids is 2. The predicted octanol–water partition coefficient (Wildman–Crippen LogP) is 5.22. The fourth-order valence-electron chi connectivity index (χ4n) is 3.42. The zero-order valence-electron chi connectivity index (χ0n) is 16.2. The monoisotopic (exact) mass is 427 g/mol. The van der Waals surface area contributed by atoms with Crippen molar-refractivity contribution < 1.29 is 19.1 Å². The molecule has 0 bridgehead atoms. The summed E-state index contributed by atoms with van der Waals surface area (Å²) in [6.45, 7) is 2.41. The second-order valence-electron chi connectivity index (χ2n) is 6.93. The van der Waals surface area contributed by atoms with Gasteiger partial charge in [-0.05, 0) is 60.9 Å². The molecule has 1 aliphatic carbocycles. The van der Waals surface area contributed by atoms with Crippen molar-refractivity contribution in [3.63, 3.8) is 0 Å². The van der Waals surface area contributed by atoms with E-state index in [1.54, 1.807) is 0 Å². The number of thiophene rings is 2. The summed E-state index contributed by atoms with van der Waals surface area (Å²) in [5.41, 5.74) is 3.61. The molecule has 5 nitrogen and oxygen atoms in total. The zero-order valence-corrected chi connectivity index (χ0v) is 17.9. The van der Waals surface area contributed by atoms with E-state index in [0.29, 0.717) is 22.0 Å². The number of carbonyl (C=O) groups is 2. The molecule has 7 heteroatoms. The standard InChI is InChI=1S/C22H21NO4S2/c1-13-5-3-6-15(9-13)27-11-14-10-18(28-12-14)20(24)23-21-19(22(25)26-2)16-7-4-8-17(16)29-21/h3,5-6,9-10,12H,4,7-8,11H2,1-2H3,(H,23,24). The van der Waals surface area contributed by atoms with Gasteiger partial charge in [-0.3, -0.25) is 4.79 Å². The van der Waals surface area contributed by atoms with Gasteiger partial charge in [0.25, 0.3) is 5.91 Å². The Morgan fingerprint density at radius 2 is 2.07 bits per heavy atom. The molecule has 0 saturated carbocycles. The van der Waals surface area contributed by atoms with Gasteiger partial charge in [-0.1, -0.05) is 12.1 Å². The van der Waals surface area contributed by atoms with Crippen LogP contribution in [0.25, 0.3) is 0 Å². The quantitative estimate of drug-likeness (QED) is 0.548. The highest BCUT2D eigenvalue weighted by atomic mass is 32.1. The second-order valence-corrected chi connectivity index (χ2v) is 8.95. The van der Waals surface area contributed by atoms with Crippen LogP contribution in [0.2, 0.25) is 0 Å². The maximum atomic E-state index is 12.7. The molecule has 4 rings (SSSR count). The average molecular weight is 428 g/mol. The molecule has 1 amide bonds. The SMILES string of the molecule is COC(=O)c1c(NC(=O)c2cc(COc3cccc(C)c3)cs2)sc2c1CCC2. The van der Waals surface area contributed by atoms with Crippen LogP contribution in [-0.4, -0.2) is 19.0 Å². The first-order valence-electron chi connectivity index (χ1n) is 9.36. The lowest BCUT2D eigenvalue weighted by Crippen LogP contribution is -2.13. The predicted molar refractivity (Wildman–Crippen MR) is 115 cm³/mol. The van der Waals surface area contributed by atoms with Crippen LogP contribution in [0.1, 0.15) is 48.0 Å². The first-order valence-corrected chi connectivity index (χ1v) is 11.1. The number of aryl methyl sites for hydroxylation is 2. The number of fused-ring (bicyclic) bond motifs is 1. The number of methoxy groups -OCH3 is 1. The summed E-state index contributed by atoms with van der Waals surface area (Å²) in [5, 5.41) is 5.41.